The van der Waals surface area contributed by atoms with E-state index in [9.17, 15) is 9.90 Å². The van der Waals surface area contributed by atoms with Gasteiger partial charge >= 0.3 is 0 Å². The molecule has 5 heteroatoms. The summed E-state index contributed by atoms with van der Waals surface area (Å²) >= 11 is 6.12. The minimum Gasteiger partial charge on any atom is -0.505 e. The number of nitrogens with zero attached hydrogens (tertiary/aromatic N) is 2. The molecule has 0 bridgehead atoms. The van der Waals surface area contributed by atoms with Crippen LogP contribution in [0.5, 0.6) is 5.75 Å². The summed E-state index contributed by atoms with van der Waals surface area (Å²) in [6, 6.07) is 18.1. The highest BCUT2D eigenvalue weighted by molar-refractivity contribution is 6.30. The number of phenolic OH excluding ortho intramolecular Hbond substituents is 1. The number of benzene rings is 3. The number of aromatic hydroxyl groups is 1. The van der Waals surface area contributed by atoms with E-state index in [0.717, 1.165) is 34.1 Å². The van der Waals surface area contributed by atoms with Gasteiger partial charge in [-0.1, -0.05) is 53.6 Å². The average Bonchev–Trinajstić information content (AvgIpc) is 3.05. The van der Waals surface area contributed by atoms with E-state index >= 15 is 0 Å². The Balaban J connectivity index is 1.75. The lowest BCUT2D eigenvalue weighted by atomic mass is 9.90. The second-order valence-corrected chi connectivity index (χ2v) is 8.58. The Kier molecular flexibility index (Phi) is 4.67. The molecule has 154 valence electrons. The molecule has 0 saturated carbocycles. The van der Waals surface area contributed by atoms with Gasteiger partial charge in [-0.25, -0.2) is 0 Å². The number of carbonyl (C=O) groups is 1. The molecule has 1 N–H and O–H groups in total. The standard InChI is InChI=1S/C26H21ClN2O2/c1-15-3-5-16(6-4-15)11-17-12-20-22(18-7-9-19(27)10-8-18)21-14-29(2)26(31)23(21)25(30)24(20)28-13-17/h3-10,12-13,30H,11,14H2,1-2H3. The van der Waals surface area contributed by atoms with Gasteiger partial charge in [0.25, 0.3) is 5.91 Å². The Morgan fingerprint density at radius 3 is 2.45 bits per heavy atom. The molecule has 31 heavy (non-hydrogen) atoms. The average molecular weight is 429 g/mol. The Bertz CT molecular complexity index is 1330. The molecule has 0 aliphatic carbocycles. The zero-order valence-electron chi connectivity index (χ0n) is 17.3. The van der Waals surface area contributed by atoms with Crippen molar-refractivity contribution in [3.8, 4) is 16.9 Å². The fourth-order valence-electron chi connectivity index (χ4n) is 4.31. The maximum absolute atomic E-state index is 12.8. The number of pyridine rings is 1. The van der Waals surface area contributed by atoms with Crippen LogP contribution < -0.4 is 0 Å². The summed E-state index contributed by atoms with van der Waals surface area (Å²) in [5.41, 5.74) is 6.95. The number of aryl methyl sites for hydroxylation is 1. The molecule has 0 spiro atoms. The highest BCUT2D eigenvalue weighted by Crippen LogP contribution is 2.44. The summed E-state index contributed by atoms with van der Waals surface area (Å²) in [6.07, 6.45) is 2.52. The first-order valence-electron chi connectivity index (χ1n) is 10.2. The minimum absolute atomic E-state index is 0.0426. The van der Waals surface area contributed by atoms with Crippen molar-refractivity contribution in [1.82, 2.24) is 9.88 Å². The molecule has 2 heterocycles. The van der Waals surface area contributed by atoms with Crippen LogP contribution in [0.15, 0.2) is 60.8 Å². The van der Waals surface area contributed by atoms with Crippen LogP contribution in [-0.4, -0.2) is 27.9 Å². The summed E-state index contributed by atoms with van der Waals surface area (Å²) in [6.45, 7) is 2.51. The van der Waals surface area contributed by atoms with E-state index in [1.807, 2.05) is 24.3 Å². The minimum atomic E-state index is -0.185. The van der Waals surface area contributed by atoms with Crippen molar-refractivity contribution in [3.05, 3.63) is 93.6 Å². The van der Waals surface area contributed by atoms with Crippen LogP contribution in [0, 0.1) is 6.92 Å². The van der Waals surface area contributed by atoms with Crippen molar-refractivity contribution in [2.75, 3.05) is 7.05 Å². The Labute approximate surface area is 185 Å². The smallest absolute Gasteiger partial charge is 0.258 e. The van der Waals surface area contributed by atoms with Crippen LogP contribution in [0.1, 0.15) is 32.6 Å². The van der Waals surface area contributed by atoms with Crippen LogP contribution in [0.3, 0.4) is 0 Å². The third-order valence-corrected chi connectivity index (χ3v) is 6.15. The number of hydrogen-bond acceptors (Lipinski definition) is 3. The molecule has 4 nitrogen and oxygen atoms in total. The number of carbonyl (C=O) groups excluding carboxylic acids is 1. The quantitative estimate of drug-likeness (QED) is 0.452. The normalized spacial score (nSPS) is 13.1. The van der Waals surface area contributed by atoms with Gasteiger partial charge in [-0.2, -0.15) is 0 Å². The largest absolute Gasteiger partial charge is 0.505 e. The van der Waals surface area contributed by atoms with Gasteiger partial charge in [0.15, 0.2) is 5.75 Å². The summed E-state index contributed by atoms with van der Waals surface area (Å²) in [7, 11) is 1.74. The summed E-state index contributed by atoms with van der Waals surface area (Å²) < 4.78 is 0. The van der Waals surface area contributed by atoms with Gasteiger partial charge in [-0.15, -0.1) is 0 Å². The highest BCUT2D eigenvalue weighted by atomic mass is 35.5. The molecule has 0 unspecified atom stereocenters. The summed E-state index contributed by atoms with van der Waals surface area (Å²) in [4.78, 5) is 19.0. The lowest BCUT2D eigenvalue weighted by molar-refractivity contribution is 0.0814. The van der Waals surface area contributed by atoms with Crippen molar-refractivity contribution < 1.29 is 9.90 Å². The van der Waals surface area contributed by atoms with Gasteiger partial charge in [-0.05, 0) is 59.4 Å². The lowest BCUT2D eigenvalue weighted by Crippen LogP contribution is -2.17. The molecule has 0 radical (unpaired) electrons. The van der Waals surface area contributed by atoms with Crippen molar-refractivity contribution in [1.29, 1.82) is 0 Å². The van der Waals surface area contributed by atoms with E-state index in [0.29, 0.717) is 22.6 Å². The van der Waals surface area contributed by atoms with Crippen LogP contribution >= 0.6 is 11.6 Å². The molecule has 1 aromatic heterocycles. The summed E-state index contributed by atoms with van der Waals surface area (Å²) in [5, 5.41) is 12.4. The van der Waals surface area contributed by atoms with E-state index in [-0.39, 0.29) is 11.7 Å². The van der Waals surface area contributed by atoms with E-state index in [4.69, 9.17) is 11.6 Å². The second-order valence-electron chi connectivity index (χ2n) is 8.15. The molecule has 5 rings (SSSR count). The predicted molar refractivity (Wildman–Crippen MR) is 124 cm³/mol. The molecule has 3 aromatic carbocycles. The van der Waals surface area contributed by atoms with Gasteiger partial charge in [0.05, 0.1) is 5.56 Å². The monoisotopic (exact) mass is 428 g/mol. The topological polar surface area (TPSA) is 53.4 Å². The van der Waals surface area contributed by atoms with E-state index < -0.39 is 0 Å². The maximum Gasteiger partial charge on any atom is 0.258 e. The van der Waals surface area contributed by atoms with Crippen LogP contribution in [0.2, 0.25) is 5.02 Å². The third-order valence-electron chi connectivity index (χ3n) is 5.90. The molecular formula is C26H21ClN2O2. The van der Waals surface area contributed by atoms with E-state index in [2.05, 4.69) is 42.2 Å². The summed E-state index contributed by atoms with van der Waals surface area (Å²) in [5.74, 6) is -0.228. The molecule has 0 atom stereocenters. The molecule has 1 aliphatic rings. The van der Waals surface area contributed by atoms with Gasteiger partial charge < -0.3 is 10.0 Å². The molecule has 4 aromatic rings. The van der Waals surface area contributed by atoms with Gasteiger partial charge in [0.1, 0.15) is 5.52 Å². The van der Waals surface area contributed by atoms with Gasteiger partial charge in [0.2, 0.25) is 0 Å². The van der Waals surface area contributed by atoms with Crippen molar-refractivity contribution in [2.45, 2.75) is 19.9 Å². The van der Waals surface area contributed by atoms with Crippen molar-refractivity contribution >= 4 is 28.4 Å². The first-order chi connectivity index (χ1) is 14.9. The maximum atomic E-state index is 12.8. The highest BCUT2D eigenvalue weighted by Gasteiger charge is 2.33. The molecule has 0 fully saturated rings. The predicted octanol–water partition coefficient (Wildman–Crippen LogP) is 5.75. The zero-order valence-corrected chi connectivity index (χ0v) is 18.1. The lowest BCUT2D eigenvalue weighted by Gasteiger charge is -2.15. The van der Waals surface area contributed by atoms with E-state index in [1.165, 1.54) is 11.1 Å². The number of hydrogen-bond donors (Lipinski definition) is 1. The Morgan fingerprint density at radius 2 is 1.74 bits per heavy atom. The zero-order chi connectivity index (χ0) is 21.7. The first kappa shape index (κ1) is 19.6. The number of phenols is 1. The molecule has 1 aliphatic heterocycles. The van der Waals surface area contributed by atoms with Crippen LogP contribution in [-0.2, 0) is 13.0 Å². The van der Waals surface area contributed by atoms with Gasteiger partial charge in [-0.3, -0.25) is 9.78 Å². The Hall–Kier alpha value is -3.37. The number of rotatable bonds is 3. The van der Waals surface area contributed by atoms with Crippen LogP contribution in [0.25, 0.3) is 22.0 Å². The molecular weight excluding hydrogens is 408 g/mol. The number of halogens is 1. The SMILES string of the molecule is Cc1ccc(Cc2cnc3c(O)c4c(c(-c5ccc(Cl)cc5)c3c2)CN(C)C4=O)cc1. The third kappa shape index (κ3) is 3.33. The molecule has 1 amide bonds. The number of fused-ring (bicyclic) bond motifs is 2. The van der Waals surface area contributed by atoms with Crippen molar-refractivity contribution in [2.24, 2.45) is 0 Å². The van der Waals surface area contributed by atoms with E-state index in [1.54, 1.807) is 18.1 Å². The fourth-order valence-corrected chi connectivity index (χ4v) is 4.44. The first-order valence-corrected chi connectivity index (χ1v) is 10.5. The molecule has 0 saturated heterocycles. The van der Waals surface area contributed by atoms with Crippen LogP contribution in [0.4, 0.5) is 0 Å². The fraction of sp³-hybridized carbons (Fsp3) is 0.154. The number of amides is 1. The second kappa shape index (κ2) is 7.40. The van der Waals surface area contributed by atoms with Crippen molar-refractivity contribution in [3.63, 3.8) is 0 Å². The number of aromatic nitrogens is 1. The van der Waals surface area contributed by atoms with Gasteiger partial charge in [0, 0.05) is 30.2 Å². The Morgan fingerprint density at radius 1 is 1.03 bits per heavy atom.